The molecule has 3 rings (SSSR count). The van der Waals surface area contributed by atoms with E-state index in [0.29, 0.717) is 17.0 Å². The molecule has 2 aromatic rings. The summed E-state index contributed by atoms with van der Waals surface area (Å²) in [5.41, 5.74) is 1.88. The molecule has 0 atom stereocenters. The maximum atomic E-state index is 13.4. The van der Waals surface area contributed by atoms with Crippen LogP contribution in [0.1, 0.15) is 39.0 Å². The molecular weight excluding hydrogens is 283 g/mol. The highest BCUT2D eigenvalue weighted by molar-refractivity contribution is 6.26. The first-order valence-electron chi connectivity index (χ1n) is 6.83. The Morgan fingerprint density at radius 3 is 2.36 bits per heavy atom. The summed E-state index contributed by atoms with van der Waals surface area (Å²) >= 11 is 0. The zero-order chi connectivity index (χ0) is 15.9. The largest absolute Gasteiger partial charge is 0.289 e. The van der Waals surface area contributed by atoms with Crippen LogP contribution in [0.25, 0.3) is 0 Å². The fourth-order valence-electron chi connectivity index (χ4n) is 2.50. The number of hydrogen-bond donors (Lipinski definition) is 0. The topological polar surface area (TPSA) is 59.9 Å². The lowest BCUT2D eigenvalue weighted by Crippen LogP contribution is -2.22. The van der Waals surface area contributed by atoms with Crippen LogP contribution in [0.5, 0.6) is 0 Å². The first-order chi connectivity index (χ1) is 10.5. The van der Waals surface area contributed by atoms with Crippen LogP contribution in [0.15, 0.2) is 41.7 Å². The second-order valence-corrected chi connectivity index (χ2v) is 5.27. The second-order valence-electron chi connectivity index (χ2n) is 5.27. The number of carbonyl (C=O) groups excluding carboxylic acids is 2. The minimum absolute atomic E-state index is 0.124. The summed E-state index contributed by atoms with van der Waals surface area (Å²) in [7, 11) is 0. The molecule has 0 aliphatic heterocycles. The summed E-state index contributed by atoms with van der Waals surface area (Å²) in [5.74, 6) is -0.449. The number of hydrogen-bond acceptors (Lipinski definition) is 4. The molecule has 1 heterocycles. The van der Waals surface area contributed by atoms with Gasteiger partial charge in [-0.3, -0.25) is 9.59 Å². The highest BCUT2D eigenvalue weighted by Crippen LogP contribution is 2.28. The minimum atomic E-state index is -0.530. The van der Waals surface area contributed by atoms with E-state index in [0.717, 1.165) is 11.6 Å². The van der Waals surface area contributed by atoms with Gasteiger partial charge in [-0.15, -0.1) is 0 Å². The molecule has 0 unspecified atom stereocenters. The van der Waals surface area contributed by atoms with Crippen molar-refractivity contribution in [3.8, 4) is 0 Å². The summed E-state index contributed by atoms with van der Waals surface area (Å²) in [5, 5.41) is 0. The van der Waals surface area contributed by atoms with Gasteiger partial charge in [-0.05, 0) is 37.6 Å². The molecule has 0 saturated heterocycles. The van der Waals surface area contributed by atoms with Gasteiger partial charge in [0.15, 0.2) is 11.6 Å². The van der Waals surface area contributed by atoms with Crippen molar-refractivity contribution in [2.75, 3.05) is 0 Å². The normalized spacial score (nSPS) is 14.3. The number of carbonyl (C=O) groups is 2. The molecule has 0 bridgehead atoms. The maximum absolute atomic E-state index is 13.4. The zero-order valence-electron chi connectivity index (χ0n) is 12.2. The van der Waals surface area contributed by atoms with E-state index >= 15 is 0 Å². The first-order valence-corrected chi connectivity index (χ1v) is 6.83. The van der Waals surface area contributed by atoms with Gasteiger partial charge in [-0.25, -0.2) is 14.4 Å². The SMILES string of the molecule is CC1=C(Cc2cnc(C)nc2)C(=O)c2cc(F)ccc2C1=O. The van der Waals surface area contributed by atoms with Gasteiger partial charge in [-0.2, -0.15) is 0 Å². The number of benzene rings is 1. The van der Waals surface area contributed by atoms with Crippen LogP contribution >= 0.6 is 0 Å². The van der Waals surface area contributed by atoms with Crippen LogP contribution < -0.4 is 0 Å². The predicted molar refractivity (Wildman–Crippen MR) is 78.2 cm³/mol. The van der Waals surface area contributed by atoms with Crippen molar-refractivity contribution < 1.29 is 14.0 Å². The fraction of sp³-hybridized carbons (Fsp3) is 0.176. The second kappa shape index (κ2) is 5.26. The first kappa shape index (κ1) is 14.3. The maximum Gasteiger partial charge on any atom is 0.190 e. The average Bonchev–Trinajstić information content (AvgIpc) is 2.51. The van der Waals surface area contributed by atoms with Gasteiger partial charge in [0.05, 0.1) is 0 Å². The van der Waals surface area contributed by atoms with E-state index in [1.165, 1.54) is 12.1 Å². The lowest BCUT2D eigenvalue weighted by Gasteiger charge is -2.19. The fourth-order valence-corrected chi connectivity index (χ4v) is 2.50. The molecule has 0 fully saturated rings. The number of aryl methyl sites for hydroxylation is 1. The molecule has 4 nitrogen and oxygen atoms in total. The van der Waals surface area contributed by atoms with Crippen LogP contribution in [-0.4, -0.2) is 21.5 Å². The molecule has 0 spiro atoms. The highest BCUT2D eigenvalue weighted by Gasteiger charge is 2.30. The van der Waals surface area contributed by atoms with E-state index in [1.807, 2.05) is 0 Å². The number of fused-ring (bicyclic) bond motifs is 1. The summed E-state index contributed by atoms with van der Waals surface area (Å²) < 4.78 is 13.4. The van der Waals surface area contributed by atoms with Crippen molar-refractivity contribution in [3.05, 3.63) is 70.1 Å². The Kier molecular flexibility index (Phi) is 3.41. The molecule has 110 valence electrons. The van der Waals surface area contributed by atoms with Crippen LogP contribution in [0.2, 0.25) is 0 Å². The van der Waals surface area contributed by atoms with Crippen molar-refractivity contribution in [1.29, 1.82) is 0 Å². The number of allylic oxidation sites excluding steroid dienone is 2. The van der Waals surface area contributed by atoms with Crippen LogP contribution in [0, 0.1) is 12.7 Å². The van der Waals surface area contributed by atoms with Crippen molar-refractivity contribution in [2.45, 2.75) is 20.3 Å². The summed E-state index contributed by atoms with van der Waals surface area (Å²) in [4.78, 5) is 33.1. The van der Waals surface area contributed by atoms with E-state index in [4.69, 9.17) is 0 Å². The molecule has 0 radical (unpaired) electrons. The third kappa shape index (κ3) is 2.35. The Hall–Kier alpha value is -2.69. The Balaban J connectivity index is 2.04. The monoisotopic (exact) mass is 296 g/mol. The number of halogens is 1. The van der Waals surface area contributed by atoms with Gasteiger partial charge in [0, 0.05) is 41.1 Å². The van der Waals surface area contributed by atoms with E-state index < -0.39 is 5.82 Å². The number of ketones is 2. The van der Waals surface area contributed by atoms with Crippen molar-refractivity contribution >= 4 is 11.6 Å². The molecule has 0 saturated carbocycles. The minimum Gasteiger partial charge on any atom is -0.289 e. The van der Waals surface area contributed by atoms with Gasteiger partial charge in [0.25, 0.3) is 0 Å². The summed E-state index contributed by atoms with van der Waals surface area (Å²) in [6.07, 6.45) is 3.51. The Bertz CT molecular complexity index is 823. The predicted octanol–water partition coefficient (Wildman–Crippen LogP) is 2.86. The molecule has 1 aromatic heterocycles. The molecule has 1 aliphatic carbocycles. The van der Waals surface area contributed by atoms with Gasteiger partial charge in [-0.1, -0.05) is 0 Å². The van der Waals surface area contributed by atoms with Crippen molar-refractivity contribution in [3.63, 3.8) is 0 Å². The van der Waals surface area contributed by atoms with E-state index in [-0.39, 0.29) is 29.1 Å². The molecule has 22 heavy (non-hydrogen) atoms. The standard InChI is InChI=1S/C17H13FN2O2/c1-9-14(5-11-7-19-10(2)20-8-11)17(22)15-6-12(18)3-4-13(15)16(9)21/h3-4,6-8H,5H2,1-2H3. The Labute approximate surface area is 126 Å². The van der Waals surface area contributed by atoms with Crippen LogP contribution in [0.4, 0.5) is 4.39 Å². The quantitative estimate of drug-likeness (QED) is 0.855. The van der Waals surface area contributed by atoms with E-state index in [1.54, 1.807) is 26.2 Å². The van der Waals surface area contributed by atoms with E-state index in [2.05, 4.69) is 9.97 Å². The Morgan fingerprint density at radius 1 is 1.00 bits per heavy atom. The smallest absolute Gasteiger partial charge is 0.190 e. The number of rotatable bonds is 2. The summed E-state index contributed by atoms with van der Waals surface area (Å²) in [6, 6.07) is 3.67. The lowest BCUT2D eigenvalue weighted by molar-refractivity contribution is 0.0972. The van der Waals surface area contributed by atoms with E-state index in [9.17, 15) is 14.0 Å². The third-order valence-electron chi connectivity index (χ3n) is 3.75. The lowest BCUT2D eigenvalue weighted by atomic mass is 9.82. The number of Topliss-reactive ketones (excluding diaryl/α,β-unsaturated/α-hetero) is 2. The third-order valence-corrected chi connectivity index (χ3v) is 3.75. The number of nitrogens with zero attached hydrogens (tertiary/aromatic N) is 2. The molecule has 5 heteroatoms. The van der Waals surface area contributed by atoms with Gasteiger partial charge < -0.3 is 0 Å². The Morgan fingerprint density at radius 2 is 1.68 bits per heavy atom. The average molecular weight is 296 g/mol. The van der Waals surface area contributed by atoms with Crippen LogP contribution in [-0.2, 0) is 6.42 Å². The van der Waals surface area contributed by atoms with Gasteiger partial charge >= 0.3 is 0 Å². The van der Waals surface area contributed by atoms with Gasteiger partial charge in [0.1, 0.15) is 11.6 Å². The summed E-state index contributed by atoms with van der Waals surface area (Å²) in [6.45, 7) is 3.39. The molecular formula is C17H13FN2O2. The molecule has 0 N–H and O–H groups in total. The molecule has 1 aliphatic rings. The van der Waals surface area contributed by atoms with Crippen molar-refractivity contribution in [1.82, 2.24) is 9.97 Å². The van der Waals surface area contributed by atoms with Crippen LogP contribution in [0.3, 0.4) is 0 Å². The molecule has 0 amide bonds. The number of aromatic nitrogens is 2. The molecule has 1 aromatic carbocycles. The highest BCUT2D eigenvalue weighted by atomic mass is 19.1. The van der Waals surface area contributed by atoms with Crippen molar-refractivity contribution in [2.24, 2.45) is 0 Å². The van der Waals surface area contributed by atoms with Gasteiger partial charge in [0.2, 0.25) is 0 Å². The zero-order valence-corrected chi connectivity index (χ0v) is 12.2.